The maximum Gasteiger partial charge on any atom is 0.328 e. The van der Waals surface area contributed by atoms with Crippen LogP contribution in [0.2, 0.25) is 0 Å². The van der Waals surface area contributed by atoms with E-state index in [2.05, 4.69) is 34.1 Å². The fraction of sp³-hybridized carbons (Fsp3) is 0.261. The first-order valence-corrected chi connectivity index (χ1v) is 9.98. The van der Waals surface area contributed by atoms with Gasteiger partial charge in [0.25, 0.3) is 11.5 Å². The van der Waals surface area contributed by atoms with Crippen molar-refractivity contribution in [3.05, 3.63) is 104 Å². The van der Waals surface area contributed by atoms with Gasteiger partial charge in [0.2, 0.25) is 0 Å². The number of aromatic amines is 1. The molecule has 1 aliphatic heterocycles. The third kappa shape index (κ3) is 3.84. The summed E-state index contributed by atoms with van der Waals surface area (Å²) in [5.41, 5.74) is 1.30. The summed E-state index contributed by atoms with van der Waals surface area (Å²) in [4.78, 5) is 43.2. The fourth-order valence-electron chi connectivity index (χ4n) is 3.96. The van der Waals surface area contributed by atoms with Gasteiger partial charge in [0.1, 0.15) is 5.56 Å². The first-order chi connectivity index (χ1) is 14.6. The molecule has 4 rings (SSSR count). The average molecular weight is 404 g/mol. The number of aromatic nitrogens is 2. The molecule has 154 valence electrons. The summed E-state index contributed by atoms with van der Waals surface area (Å²) >= 11 is 0. The van der Waals surface area contributed by atoms with Crippen molar-refractivity contribution in [3.8, 4) is 0 Å². The molecule has 7 nitrogen and oxygen atoms in total. The van der Waals surface area contributed by atoms with Crippen molar-refractivity contribution in [2.45, 2.75) is 6.04 Å². The number of carbonyl (C=O) groups excluding carboxylic acids is 1. The van der Waals surface area contributed by atoms with Crippen LogP contribution in [0.4, 0.5) is 0 Å². The van der Waals surface area contributed by atoms with Gasteiger partial charge in [-0.15, -0.1) is 0 Å². The van der Waals surface area contributed by atoms with Crippen molar-refractivity contribution in [3.63, 3.8) is 0 Å². The minimum Gasteiger partial charge on any atom is -0.336 e. The summed E-state index contributed by atoms with van der Waals surface area (Å²) in [6.45, 7) is 2.39. The molecule has 1 saturated heterocycles. The van der Waals surface area contributed by atoms with Gasteiger partial charge >= 0.3 is 5.69 Å². The lowest BCUT2D eigenvalue weighted by atomic mass is 9.96. The van der Waals surface area contributed by atoms with Gasteiger partial charge in [-0.05, 0) is 11.1 Å². The number of benzene rings is 2. The van der Waals surface area contributed by atoms with Crippen molar-refractivity contribution in [2.75, 3.05) is 26.2 Å². The molecule has 0 atom stereocenters. The molecular weight excluding hydrogens is 380 g/mol. The van der Waals surface area contributed by atoms with E-state index in [0.717, 1.165) is 4.57 Å². The van der Waals surface area contributed by atoms with E-state index >= 15 is 0 Å². The van der Waals surface area contributed by atoms with Gasteiger partial charge in [0.05, 0.1) is 6.04 Å². The highest BCUT2D eigenvalue weighted by atomic mass is 16.2. The Kier molecular flexibility index (Phi) is 5.63. The maximum atomic E-state index is 12.9. The quantitative estimate of drug-likeness (QED) is 0.717. The largest absolute Gasteiger partial charge is 0.336 e. The summed E-state index contributed by atoms with van der Waals surface area (Å²) in [6, 6.07) is 20.8. The van der Waals surface area contributed by atoms with E-state index in [-0.39, 0.29) is 17.5 Å². The second-order valence-electron chi connectivity index (χ2n) is 7.42. The summed E-state index contributed by atoms with van der Waals surface area (Å²) < 4.78 is 0.921. The molecule has 1 aliphatic rings. The Morgan fingerprint density at radius 3 is 1.93 bits per heavy atom. The lowest BCUT2D eigenvalue weighted by Crippen LogP contribution is -2.51. The third-order valence-electron chi connectivity index (χ3n) is 5.61. The lowest BCUT2D eigenvalue weighted by Gasteiger charge is -2.39. The second-order valence-corrected chi connectivity index (χ2v) is 7.42. The number of H-pyrrole nitrogens is 1. The SMILES string of the molecule is Cn1c(=O)[nH]cc(C(=O)N2CCN(C(c3ccccc3)c3ccccc3)CC2)c1=O. The smallest absolute Gasteiger partial charge is 0.328 e. The van der Waals surface area contributed by atoms with Crippen molar-refractivity contribution < 1.29 is 4.79 Å². The van der Waals surface area contributed by atoms with Gasteiger partial charge in [-0.3, -0.25) is 19.1 Å². The zero-order chi connectivity index (χ0) is 21.1. The number of hydrogen-bond donors (Lipinski definition) is 1. The molecule has 2 heterocycles. The number of nitrogens with one attached hydrogen (secondary N) is 1. The fourth-order valence-corrected chi connectivity index (χ4v) is 3.96. The van der Waals surface area contributed by atoms with E-state index < -0.39 is 11.2 Å². The Labute approximate surface area is 174 Å². The number of carbonyl (C=O) groups is 1. The summed E-state index contributed by atoms with van der Waals surface area (Å²) in [5.74, 6) is -0.345. The molecule has 2 aromatic carbocycles. The second kappa shape index (κ2) is 8.51. The lowest BCUT2D eigenvalue weighted by molar-refractivity contribution is 0.0594. The van der Waals surface area contributed by atoms with Crippen LogP contribution in [0.25, 0.3) is 0 Å². The maximum absolute atomic E-state index is 12.9. The molecule has 0 saturated carbocycles. The van der Waals surface area contributed by atoms with Crippen LogP contribution in [0.15, 0.2) is 76.4 Å². The minimum absolute atomic E-state index is 0.00628. The Morgan fingerprint density at radius 2 is 1.40 bits per heavy atom. The highest BCUT2D eigenvalue weighted by molar-refractivity contribution is 5.93. The molecule has 1 aromatic heterocycles. The van der Waals surface area contributed by atoms with Crippen LogP contribution in [-0.4, -0.2) is 51.4 Å². The minimum atomic E-state index is -0.572. The molecule has 0 radical (unpaired) electrons. The summed E-state index contributed by atoms with van der Waals surface area (Å²) in [5, 5.41) is 0. The van der Waals surface area contributed by atoms with Crippen LogP contribution in [-0.2, 0) is 7.05 Å². The van der Waals surface area contributed by atoms with E-state index in [0.29, 0.717) is 26.2 Å². The normalized spacial score (nSPS) is 14.8. The Hall–Kier alpha value is -3.45. The van der Waals surface area contributed by atoms with Crippen molar-refractivity contribution in [2.24, 2.45) is 7.05 Å². The van der Waals surface area contributed by atoms with Crippen molar-refractivity contribution in [1.29, 1.82) is 0 Å². The topological polar surface area (TPSA) is 78.4 Å². The number of piperazine rings is 1. The van der Waals surface area contributed by atoms with E-state index in [1.807, 2.05) is 36.4 Å². The molecule has 3 aromatic rings. The average Bonchev–Trinajstić information content (AvgIpc) is 2.79. The van der Waals surface area contributed by atoms with Gasteiger partial charge in [-0.2, -0.15) is 0 Å². The Bertz CT molecular complexity index is 1090. The molecule has 0 aliphatic carbocycles. The Morgan fingerprint density at radius 1 is 0.867 bits per heavy atom. The predicted molar refractivity (Wildman–Crippen MR) is 115 cm³/mol. The van der Waals surface area contributed by atoms with E-state index in [4.69, 9.17) is 0 Å². The molecule has 1 N–H and O–H groups in total. The van der Waals surface area contributed by atoms with Gasteiger partial charge in [0, 0.05) is 39.4 Å². The number of hydrogen-bond acceptors (Lipinski definition) is 4. The van der Waals surface area contributed by atoms with Crippen LogP contribution in [0.3, 0.4) is 0 Å². The zero-order valence-corrected chi connectivity index (χ0v) is 16.8. The standard InChI is InChI=1S/C23H24N4O3/c1-25-21(28)19(16-24-23(25)30)22(29)27-14-12-26(13-15-27)20(17-8-4-2-5-9-17)18-10-6-3-7-11-18/h2-11,16,20H,12-15H2,1H3,(H,24,30). The van der Waals surface area contributed by atoms with Crippen LogP contribution < -0.4 is 11.2 Å². The van der Waals surface area contributed by atoms with Gasteiger partial charge < -0.3 is 9.88 Å². The number of rotatable bonds is 4. The number of amides is 1. The van der Waals surface area contributed by atoms with E-state index in [1.54, 1.807) is 4.90 Å². The zero-order valence-electron chi connectivity index (χ0n) is 16.8. The highest BCUT2D eigenvalue weighted by Gasteiger charge is 2.29. The molecule has 1 amide bonds. The molecule has 0 spiro atoms. The monoisotopic (exact) mass is 404 g/mol. The van der Waals surface area contributed by atoms with Crippen LogP contribution in [0.5, 0.6) is 0 Å². The van der Waals surface area contributed by atoms with Crippen molar-refractivity contribution in [1.82, 2.24) is 19.4 Å². The van der Waals surface area contributed by atoms with Crippen LogP contribution >= 0.6 is 0 Å². The predicted octanol–water partition coefficient (Wildman–Crippen LogP) is 1.62. The van der Waals surface area contributed by atoms with Gasteiger partial charge in [-0.1, -0.05) is 60.7 Å². The third-order valence-corrected chi connectivity index (χ3v) is 5.61. The van der Waals surface area contributed by atoms with E-state index in [9.17, 15) is 14.4 Å². The molecule has 0 unspecified atom stereocenters. The number of nitrogens with zero attached hydrogens (tertiary/aromatic N) is 3. The van der Waals surface area contributed by atoms with Crippen molar-refractivity contribution >= 4 is 5.91 Å². The van der Waals surface area contributed by atoms with Gasteiger partial charge in [-0.25, -0.2) is 4.79 Å². The van der Waals surface area contributed by atoms with E-state index in [1.165, 1.54) is 24.4 Å². The van der Waals surface area contributed by atoms with Crippen LogP contribution in [0.1, 0.15) is 27.5 Å². The van der Waals surface area contributed by atoms with Crippen LogP contribution in [0, 0.1) is 0 Å². The summed E-state index contributed by atoms with van der Waals surface area (Å²) in [6.07, 6.45) is 1.22. The molecular formula is C23H24N4O3. The first-order valence-electron chi connectivity index (χ1n) is 9.98. The first kappa shape index (κ1) is 19.8. The molecule has 0 bridgehead atoms. The highest BCUT2D eigenvalue weighted by Crippen LogP contribution is 2.29. The molecule has 1 fully saturated rings. The van der Waals surface area contributed by atoms with Gasteiger partial charge in [0.15, 0.2) is 0 Å². The Balaban J connectivity index is 1.54. The molecule has 30 heavy (non-hydrogen) atoms. The molecule has 7 heteroatoms. The summed E-state index contributed by atoms with van der Waals surface area (Å²) in [7, 11) is 1.36.